The third-order valence-corrected chi connectivity index (χ3v) is 4.77. The van der Waals surface area contributed by atoms with Gasteiger partial charge < -0.3 is 48.0 Å². The minimum atomic E-state index is -0.864. The zero-order valence-corrected chi connectivity index (χ0v) is 25.0. The van der Waals surface area contributed by atoms with Gasteiger partial charge >= 0.3 is 5.97 Å². The fourth-order valence-electron chi connectivity index (χ4n) is 2.86. The second-order valence-corrected chi connectivity index (χ2v) is 8.98. The summed E-state index contributed by atoms with van der Waals surface area (Å²) in [5.74, 6) is -1.72. The molecule has 2 atom stereocenters. The van der Waals surface area contributed by atoms with Crippen molar-refractivity contribution < 1.29 is 33.9 Å². The van der Waals surface area contributed by atoms with Crippen LogP contribution in [-0.2, 0) is 28.8 Å². The zero-order chi connectivity index (χ0) is 31.9. The summed E-state index contributed by atoms with van der Waals surface area (Å²) >= 11 is 0. The molecule has 15 nitrogen and oxygen atoms in total. The third-order valence-electron chi connectivity index (χ3n) is 4.77. The van der Waals surface area contributed by atoms with E-state index >= 15 is 0 Å². The Hall–Kier alpha value is -3.75. The van der Waals surface area contributed by atoms with Crippen LogP contribution in [0.4, 0.5) is 0 Å². The van der Waals surface area contributed by atoms with Crippen LogP contribution < -0.4 is 38.1 Å². The number of carbonyl (C=O) groups is 6. The van der Waals surface area contributed by atoms with Crippen LogP contribution in [0.5, 0.6) is 0 Å². The van der Waals surface area contributed by atoms with Gasteiger partial charge in [0.25, 0.3) is 0 Å². The average molecular weight is 589 g/mol. The van der Waals surface area contributed by atoms with E-state index in [1.807, 2.05) is 7.05 Å². The number of carboxylic acids is 1. The quantitative estimate of drug-likeness (QED) is 0.0356. The Morgan fingerprint density at radius 2 is 1.59 bits per heavy atom. The number of hydrogen-bond acceptors (Lipinski definition) is 8. The Balaban J connectivity index is -0.000000689. The van der Waals surface area contributed by atoms with Crippen molar-refractivity contribution in [3.8, 4) is 0 Å². The number of nitrogens with zero attached hydrogens (tertiary/aromatic N) is 1. The highest BCUT2D eigenvalue weighted by Gasteiger charge is 2.19. The number of aliphatic carboxylic acids is 1. The van der Waals surface area contributed by atoms with E-state index in [4.69, 9.17) is 16.6 Å². The number of amides is 4. The van der Waals surface area contributed by atoms with Crippen LogP contribution in [-0.4, -0.2) is 92.8 Å². The molecule has 10 N–H and O–H groups in total. The molecule has 0 aliphatic heterocycles. The number of guanidine groups is 1. The summed E-state index contributed by atoms with van der Waals surface area (Å²) in [5.41, 5.74) is 10.5. The maximum Gasteiger partial charge on any atom is 0.303 e. The van der Waals surface area contributed by atoms with E-state index in [1.165, 1.54) is 6.42 Å². The van der Waals surface area contributed by atoms with Crippen LogP contribution in [0.25, 0.3) is 0 Å². The first-order valence-corrected chi connectivity index (χ1v) is 13.9. The highest BCUT2D eigenvalue weighted by Crippen LogP contribution is 2.00. The molecule has 0 saturated heterocycles. The molecule has 0 heterocycles. The third kappa shape index (κ3) is 34.2. The molecule has 0 radical (unpaired) electrons. The largest absolute Gasteiger partial charge is 0.481 e. The highest BCUT2D eigenvalue weighted by atomic mass is 16.4. The van der Waals surface area contributed by atoms with Gasteiger partial charge in [-0.05, 0) is 52.6 Å². The number of carboxylic acid groups (broad SMARTS) is 1. The Bertz CT molecular complexity index is 762. The first-order valence-electron chi connectivity index (χ1n) is 13.9. The summed E-state index contributed by atoms with van der Waals surface area (Å²) in [6.07, 6.45) is 5.88. The van der Waals surface area contributed by atoms with E-state index in [1.54, 1.807) is 6.92 Å². The predicted octanol–water partition coefficient (Wildman–Crippen LogP) is -0.862. The SMILES string of the molecule is CC(CCC(=O)O)NC(=O)CCCC=O.CCC.CNCCCNC(=O)C(CCCN=C(N)N)NC(=O)CNC=O. The van der Waals surface area contributed by atoms with E-state index in [0.717, 1.165) is 19.3 Å². The van der Waals surface area contributed by atoms with Gasteiger partial charge in [0.05, 0.1) is 6.54 Å². The lowest BCUT2D eigenvalue weighted by Crippen LogP contribution is -2.49. The van der Waals surface area contributed by atoms with Crippen LogP contribution in [0.3, 0.4) is 0 Å². The molecule has 0 aliphatic rings. The average Bonchev–Trinajstić information content (AvgIpc) is 2.91. The molecule has 0 saturated carbocycles. The lowest BCUT2D eigenvalue weighted by Gasteiger charge is -2.18. The van der Waals surface area contributed by atoms with Crippen molar-refractivity contribution in [3.63, 3.8) is 0 Å². The van der Waals surface area contributed by atoms with Gasteiger partial charge in [-0.25, -0.2) is 0 Å². The lowest BCUT2D eigenvalue weighted by molar-refractivity contribution is -0.137. The molecule has 4 amide bonds. The van der Waals surface area contributed by atoms with Crippen LogP contribution in [0.1, 0.15) is 78.6 Å². The second-order valence-electron chi connectivity index (χ2n) is 8.98. The molecule has 0 aromatic carbocycles. The molecule has 2 unspecified atom stereocenters. The van der Waals surface area contributed by atoms with Crippen molar-refractivity contribution >= 4 is 42.3 Å². The number of aldehydes is 1. The Kier molecular flexibility index (Phi) is 31.3. The fourth-order valence-corrected chi connectivity index (χ4v) is 2.86. The van der Waals surface area contributed by atoms with Crippen molar-refractivity contribution in [2.45, 2.75) is 90.6 Å². The topological polar surface area (TPSA) is 247 Å². The molecule has 0 spiro atoms. The van der Waals surface area contributed by atoms with E-state index in [-0.39, 0.29) is 36.8 Å². The number of nitrogens with two attached hydrogens (primary N) is 2. The van der Waals surface area contributed by atoms with Crippen molar-refractivity contribution in [1.82, 2.24) is 26.6 Å². The number of unbranched alkanes of at least 4 members (excludes halogenated alkanes) is 1. The van der Waals surface area contributed by atoms with Crippen LogP contribution >= 0.6 is 0 Å². The molecule has 0 aromatic rings. The standard InChI is InChI=1S/C13H27N7O3.C10H17NO4.C3H8/c1-16-5-3-7-18-12(23)10(4-2-6-19-13(14)15)20-11(22)8-17-9-21;1-8(5-6-10(14)15)11-9(13)4-2-3-7-12;1-3-2/h9-10,16H,2-8H2,1H3,(H,17,21)(H,18,23)(H,20,22)(H4,14,15,19);7-8H,2-6H2,1H3,(H,11,13)(H,14,15);3H2,1-2H3. The van der Waals surface area contributed by atoms with Crippen molar-refractivity contribution in [2.24, 2.45) is 16.5 Å². The molecule has 0 aromatic heterocycles. The maximum atomic E-state index is 12.1. The number of rotatable bonds is 21. The number of aliphatic imine (C=N–C) groups is 1. The molecule has 238 valence electrons. The van der Waals surface area contributed by atoms with Gasteiger partial charge in [0.15, 0.2) is 5.96 Å². The van der Waals surface area contributed by atoms with E-state index in [0.29, 0.717) is 58.0 Å². The summed E-state index contributed by atoms with van der Waals surface area (Å²) in [6.45, 7) is 7.49. The Morgan fingerprint density at radius 1 is 0.927 bits per heavy atom. The van der Waals surface area contributed by atoms with Gasteiger partial charge in [-0.15, -0.1) is 0 Å². The molecule has 15 heteroatoms. The minimum Gasteiger partial charge on any atom is -0.481 e. The molecule has 0 aliphatic carbocycles. The maximum absolute atomic E-state index is 12.1. The number of nitrogens with one attached hydrogen (secondary N) is 5. The number of carbonyl (C=O) groups excluding carboxylic acids is 5. The molecule has 0 fully saturated rings. The van der Waals surface area contributed by atoms with Crippen LogP contribution in [0, 0.1) is 0 Å². The smallest absolute Gasteiger partial charge is 0.303 e. The molecule has 41 heavy (non-hydrogen) atoms. The second kappa shape index (κ2) is 30.8. The molecule has 0 rings (SSSR count). The summed E-state index contributed by atoms with van der Waals surface area (Å²) in [6, 6.07) is -0.829. The number of hydrogen-bond donors (Lipinski definition) is 8. The van der Waals surface area contributed by atoms with Gasteiger partial charge in [-0.3, -0.25) is 29.0 Å². The van der Waals surface area contributed by atoms with Crippen LogP contribution in [0.15, 0.2) is 4.99 Å². The van der Waals surface area contributed by atoms with E-state index in [9.17, 15) is 28.8 Å². The monoisotopic (exact) mass is 588 g/mol. The van der Waals surface area contributed by atoms with Gasteiger partial charge in [0.2, 0.25) is 24.1 Å². The van der Waals surface area contributed by atoms with Crippen molar-refractivity contribution in [3.05, 3.63) is 0 Å². The minimum absolute atomic E-state index is 0.0164. The summed E-state index contributed by atoms with van der Waals surface area (Å²) in [7, 11) is 1.83. The van der Waals surface area contributed by atoms with Crippen molar-refractivity contribution in [1.29, 1.82) is 0 Å². The zero-order valence-electron chi connectivity index (χ0n) is 25.0. The first-order chi connectivity index (χ1) is 19.5. The summed E-state index contributed by atoms with van der Waals surface area (Å²) in [5, 5.41) is 21.7. The molecular weight excluding hydrogens is 536 g/mol. The molecule has 0 bridgehead atoms. The van der Waals surface area contributed by atoms with Crippen LogP contribution in [0.2, 0.25) is 0 Å². The predicted molar refractivity (Wildman–Crippen MR) is 158 cm³/mol. The first kappa shape index (κ1) is 41.7. The van der Waals surface area contributed by atoms with Gasteiger partial charge in [0.1, 0.15) is 12.3 Å². The summed E-state index contributed by atoms with van der Waals surface area (Å²) < 4.78 is 0. The van der Waals surface area contributed by atoms with E-state index < -0.39 is 17.9 Å². The van der Waals surface area contributed by atoms with Gasteiger partial charge in [-0.1, -0.05) is 20.3 Å². The summed E-state index contributed by atoms with van der Waals surface area (Å²) in [4.78, 5) is 69.2. The fraction of sp³-hybridized carbons (Fsp3) is 0.731. The Labute approximate surface area is 243 Å². The van der Waals surface area contributed by atoms with Gasteiger partial charge in [0, 0.05) is 38.4 Å². The van der Waals surface area contributed by atoms with Gasteiger partial charge in [-0.2, -0.15) is 0 Å². The highest BCUT2D eigenvalue weighted by molar-refractivity contribution is 5.88. The lowest BCUT2D eigenvalue weighted by atomic mass is 10.1. The normalized spacial score (nSPS) is 11.0. The molecular formula is C26H52N8O7. The Morgan fingerprint density at radius 3 is 2.12 bits per heavy atom. The van der Waals surface area contributed by atoms with E-state index in [2.05, 4.69) is 45.4 Å². The van der Waals surface area contributed by atoms with Crippen molar-refractivity contribution in [2.75, 3.05) is 33.2 Å².